The van der Waals surface area contributed by atoms with Crippen LogP contribution < -0.4 is 5.32 Å². The molecule has 0 aromatic heterocycles. The minimum atomic E-state index is -0.612. The van der Waals surface area contributed by atoms with Crippen LogP contribution in [0.5, 0.6) is 0 Å². The molecule has 1 atom stereocenters. The second-order valence-corrected chi connectivity index (χ2v) is 4.52. The molecule has 0 saturated carbocycles. The molecule has 1 N–H and O–H groups in total. The molecule has 1 amide bonds. The third kappa shape index (κ3) is 5.96. The summed E-state index contributed by atoms with van der Waals surface area (Å²) in [6.45, 7) is 6.94. The smallest absolute Gasteiger partial charge is 0.328 e. The van der Waals surface area contributed by atoms with E-state index in [0.29, 0.717) is 0 Å². The number of amides is 1. The van der Waals surface area contributed by atoms with Gasteiger partial charge in [0.1, 0.15) is 11.6 Å². The molecule has 0 rings (SSSR count). The van der Waals surface area contributed by atoms with Crippen LogP contribution in [0.1, 0.15) is 27.7 Å². The van der Waals surface area contributed by atoms with Crippen LogP contribution in [0.3, 0.4) is 0 Å². The summed E-state index contributed by atoms with van der Waals surface area (Å²) in [5.74, 6) is -0.657. The predicted octanol–water partition coefficient (Wildman–Crippen LogP) is 1.23. The maximum Gasteiger partial charge on any atom is 0.328 e. The molecule has 0 saturated heterocycles. The minimum absolute atomic E-state index is 0.181. The van der Waals surface area contributed by atoms with Crippen LogP contribution in [0.25, 0.3) is 0 Å². The molecule has 0 radical (unpaired) electrons. The van der Waals surface area contributed by atoms with Crippen LogP contribution in [0.4, 0.5) is 0 Å². The SMILES string of the molecule is C[C@H](NC(=O)CBr)C(=O)OC(C)(C)C. The highest BCUT2D eigenvalue weighted by atomic mass is 79.9. The van der Waals surface area contributed by atoms with E-state index in [2.05, 4.69) is 21.2 Å². The number of rotatable bonds is 3. The van der Waals surface area contributed by atoms with Gasteiger partial charge in [-0.05, 0) is 27.7 Å². The molecule has 4 nitrogen and oxygen atoms in total. The topological polar surface area (TPSA) is 55.4 Å². The second kappa shape index (κ2) is 5.34. The molecule has 0 aliphatic rings. The zero-order valence-corrected chi connectivity index (χ0v) is 10.5. The first-order chi connectivity index (χ1) is 6.26. The van der Waals surface area contributed by atoms with Gasteiger partial charge in [0.25, 0.3) is 0 Å². The molecule has 82 valence electrons. The fourth-order valence-corrected chi connectivity index (χ4v) is 0.891. The van der Waals surface area contributed by atoms with E-state index in [1.807, 2.05) is 0 Å². The van der Waals surface area contributed by atoms with Crippen molar-refractivity contribution in [2.24, 2.45) is 0 Å². The third-order valence-corrected chi connectivity index (χ3v) is 1.77. The molecule has 0 spiro atoms. The van der Waals surface area contributed by atoms with Crippen LogP contribution in [-0.2, 0) is 14.3 Å². The van der Waals surface area contributed by atoms with Crippen molar-refractivity contribution >= 4 is 27.8 Å². The average molecular weight is 266 g/mol. The number of halogens is 1. The number of nitrogens with one attached hydrogen (secondary N) is 1. The van der Waals surface area contributed by atoms with Gasteiger partial charge >= 0.3 is 5.97 Å². The van der Waals surface area contributed by atoms with Gasteiger partial charge in [-0.25, -0.2) is 4.79 Å². The molecular formula is C9H16BrNO3. The summed E-state index contributed by atoms with van der Waals surface area (Å²) < 4.78 is 5.08. The molecule has 0 aromatic carbocycles. The van der Waals surface area contributed by atoms with Gasteiger partial charge in [-0.2, -0.15) is 0 Å². The lowest BCUT2D eigenvalue weighted by molar-refractivity contribution is -0.157. The summed E-state index contributed by atoms with van der Waals surface area (Å²) in [5.41, 5.74) is -0.523. The Labute approximate surface area is 92.5 Å². The quantitative estimate of drug-likeness (QED) is 0.617. The fourth-order valence-electron chi connectivity index (χ4n) is 0.729. The van der Waals surface area contributed by atoms with E-state index in [4.69, 9.17) is 4.74 Å². The molecule has 0 aromatic rings. The number of carbonyl (C=O) groups is 2. The van der Waals surface area contributed by atoms with Crippen molar-refractivity contribution < 1.29 is 14.3 Å². The van der Waals surface area contributed by atoms with Gasteiger partial charge in [-0.1, -0.05) is 15.9 Å². The number of alkyl halides is 1. The number of carbonyl (C=O) groups excluding carboxylic acids is 2. The lowest BCUT2D eigenvalue weighted by atomic mass is 10.2. The summed E-state index contributed by atoms with van der Waals surface area (Å²) in [7, 11) is 0. The Bertz CT molecular complexity index is 223. The zero-order valence-electron chi connectivity index (χ0n) is 8.89. The van der Waals surface area contributed by atoms with Crippen LogP contribution >= 0.6 is 15.9 Å². The van der Waals surface area contributed by atoms with Crippen molar-refractivity contribution in [3.05, 3.63) is 0 Å². The van der Waals surface area contributed by atoms with Gasteiger partial charge in [-0.3, -0.25) is 4.79 Å². The summed E-state index contributed by atoms with van der Waals surface area (Å²) in [6.07, 6.45) is 0. The summed E-state index contributed by atoms with van der Waals surface area (Å²) in [6, 6.07) is -0.612. The maximum atomic E-state index is 11.4. The molecule has 0 bridgehead atoms. The number of hydrogen-bond donors (Lipinski definition) is 1. The average Bonchev–Trinajstić information content (AvgIpc) is 2.00. The highest BCUT2D eigenvalue weighted by Gasteiger charge is 2.22. The van der Waals surface area contributed by atoms with E-state index in [1.54, 1.807) is 27.7 Å². The van der Waals surface area contributed by atoms with Gasteiger partial charge in [0.05, 0.1) is 5.33 Å². The van der Waals surface area contributed by atoms with Crippen LogP contribution in [-0.4, -0.2) is 28.8 Å². The zero-order chi connectivity index (χ0) is 11.4. The first-order valence-corrected chi connectivity index (χ1v) is 5.46. The molecule has 0 fully saturated rings. The van der Waals surface area contributed by atoms with E-state index in [9.17, 15) is 9.59 Å². The molecule has 14 heavy (non-hydrogen) atoms. The molecule has 0 unspecified atom stereocenters. The highest BCUT2D eigenvalue weighted by Crippen LogP contribution is 2.08. The Morgan fingerprint density at radius 3 is 2.29 bits per heavy atom. The lowest BCUT2D eigenvalue weighted by Crippen LogP contribution is -2.42. The van der Waals surface area contributed by atoms with E-state index in [-0.39, 0.29) is 11.2 Å². The number of esters is 1. The van der Waals surface area contributed by atoms with Crippen molar-refractivity contribution in [2.75, 3.05) is 5.33 Å². The van der Waals surface area contributed by atoms with E-state index in [0.717, 1.165) is 0 Å². The second-order valence-electron chi connectivity index (χ2n) is 3.96. The first kappa shape index (κ1) is 13.4. The van der Waals surface area contributed by atoms with Crippen LogP contribution in [0.2, 0.25) is 0 Å². The standard InChI is InChI=1S/C9H16BrNO3/c1-6(11-7(12)5-10)8(13)14-9(2,3)4/h6H,5H2,1-4H3,(H,11,12)/t6-/m0/s1. The van der Waals surface area contributed by atoms with Gasteiger partial charge < -0.3 is 10.1 Å². The molecule has 0 aliphatic heterocycles. The third-order valence-electron chi connectivity index (χ3n) is 1.26. The first-order valence-electron chi connectivity index (χ1n) is 4.34. The normalized spacial score (nSPS) is 13.2. The Hall–Kier alpha value is -0.580. The Kier molecular flexibility index (Phi) is 5.12. The van der Waals surface area contributed by atoms with Gasteiger partial charge in [-0.15, -0.1) is 0 Å². The Balaban J connectivity index is 4.07. The Morgan fingerprint density at radius 2 is 1.93 bits per heavy atom. The Morgan fingerprint density at radius 1 is 1.43 bits per heavy atom. The summed E-state index contributed by atoms with van der Waals surface area (Å²) >= 11 is 2.99. The number of hydrogen-bond acceptors (Lipinski definition) is 3. The van der Waals surface area contributed by atoms with Crippen molar-refractivity contribution in [3.63, 3.8) is 0 Å². The summed E-state index contributed by atoms with van der Waals surface area (Å²) in [5, 5.41) is 2.67. The van der Waals surface area contributed by atoms with Crippen molar-refractivity contribution in [1.29, 1.82) is 0 Å². The van der Waals surface area contributed by atoms with Crippen molar-refractivity contribution in [3.8, 4) is 0 Å². The van der Waals surface area contributed by atoms with E-state index >= 15 is 0 Å². The predicted molar refractivity (Wildman–Crippen MR) is 57.2 cm³/mol. The van der Waals surface area contributed by atoms with Crippen molar-refractivity contribution in [1.82, 2.24) is 5.32 Å². The maximum absolute atomic E-state index is 11.4. The van der Waals surface area contributed by atoms with Crippen molar-refractivity contribution in [2.45, 2.75) is 39.3 Å². The van der Waals surface area contributed by atoms with E-state index in [1.165, 1.54) is 0 Å². The largest absolute Gasteiger partial charge is 0.458 e. The van der Waals surface area contributed by atoms with Gasteiger partial charge in [0.15, 0.2) is 0 Å². The number of ether oxygens (including phenoxy) is 1. The molecule has 5 heteroatoms. The van der Waals surface area contributed by atoms with E-state index < -0.39 is 17.6 Å². The van der Waals surface area contributed by atoms with Gasteiger partial charge in [0, 0.05) is 0 Å². The van der Waals surface area contributed by atoms with Crippen LogP contribution in [0.15, 0.2) is 0 Å². The van der Waals surface area contributed by atoms with Gasteiger partial charge in [0.2, 0.25) is 5.91 Å². The van der Waals surface area contributed by atoms with Crippen LogP contribution in [0, 0.1) is 0 Å². The molecule has 0 aliphatic carbocycles. The highest BCUT2D eigenvalue weighted by molar-refractivity contribution is 9.09. The summed E-state index contributed by atoms with van der Waals surface area (Å²) in [4.78, 5) is 22.3. The monoisotopic (exact) mass is 265 g/mol. The molecule has 0 heterocycles. The lowest BCUT2D eigenvalue weighted by Gasteiger charge is -2.22. The minimum Gasteiger partial charge on any atom is -0.458 e. The molecular weight excluding hydrogens is 250 g/mol. The fraction of sp³-hybridized carbons (Fsp3) is 0.778.